The maximum Gasteiger partial charge on any atom is 0.0319 e. The zero-order valence-electron chi connectivity index (χ0n) is 9.47. The van der Waals surface area contributed by atoms with Crippen molar-refractivity contribution in [1.29, 1.82) is 0 Å². The third-order valence-electron chi connectivity index (χ3n) is 1.78. The van der Waals surface area contributed by atoms with Crippen molar-refractivity contribution in [3.05, 3.63) is 0 Å². The molecule has 0 saturated heterocycles. The van der Waals surface area contributed by atoms with Crippen LogP contribution >= 0.6 is 0 Å². The molecule has 7 heteroatoms. The molecule has 0 radical (unpaired) electrons. The molecule has 0 aliphatic heterocycles. The van der Waals surface area contributed by atoms with E-state index in [4.69, 9.17) is 27.6 Å². The van der Waals surface area contributed by atoms with Gasteiger partial charge in [0.2, 0.25) is 0 Å². The van der Waals surface area contributed by atoms with E-state index >= 15 is 0 Å². The van der Waals surface area contributed by atoms with Gasteiger partial charge < -0.3 is 16.6 Å². The smallest absolute Gasteiger partial charge is 0.0319 e. The van der Waals surface area contributed by atoms with E-state index in [0.717, 1.165) is 26.4 Å². The Morgan fingerprint density at radius 1 is 0.933 bits per heavy atom. The first-order valence-corrected chi connectivity index (χ1v) is 5.05. The Hall–Kier alpha value is -0.280. The van der Waals surface area contributed by atoms with Crippen molar-refractivity contribution >= 4 is 0 Å². The predicted octanol–water partition coefficient (Wildman–Crippen LogP) is -1.54. The lowest BCUT2D eigenvalue weighted by Gasteiger charge is -2.25. The van der Waals surface area contributed by atoms with Crippen LogP contribution in [0.3, 0.4) is 0 Å². The van der Waals surface area contributed by atoms with Crippen molar-refractivity contribution in [2.45, 2.75) is 19.3 Å². The fraction of sp³-hybridized carbons (Fsp3) is 1.00. The number of aliphatic hydroxyl groups excluding tert-OH is 1. The Morgan fingerprint density at radius 3 is 1.80 bits per heavy atom. The summed E-state index contributed by atoms with van der Waals surface area (Å²) >= 11 is 0. The Kier molecular flexibility index (Phi) is 15.7. The molecular formula is C8H25N5O2. The van der Waals surface area contributed by atoms with E-state index in [1.54, 1.807) is 5.01 Å². The van der Waals surface area contributed by atoms with Gasteiger partial charge in [-0.05, 0) is 32.4 Å². The average Bonchev–Trinajstić information content (AvgIpc) is 2.25. The summed E-state index contributed by atoms with van der Waals surface area (Å²) in [7, 11) is 1.00. The first-order chi connectivity index (χ1) is 7.22. The molecule has 0 spiro atoms. The summed E-state index contributed by atoms with van der Waals surface area (Å²) in [5.41, 5.74) is 10.7. The summed E-state index contributed by atoms with van der Waals surface area (Å²) in [4.78, 5) is 0. The maximum atomic E-state index is 9.00. The molecule has 0 saturated carbocycles. The highest BCUT2D eigenvalue weighted by atomic mass is 16.6. The molecular weight excluding hydrogens is 198 g/mol. The first-order valence-electron chi connectivity index (χ1n) is 5.05. The summed E-state index contributed by atoms with van der Waals surface area (Å²) in [6, 6.07) is 0. The molecule has 0 unspecified atom stereocenters. The third-order valence-corrected chi connectivity index (χ3v) is 1.78. The van der Waals surface area contributed by atoms with Crippen LogP contribution in [0.15, 0.2) is 0 Å². The van der Waals surface area contributed by atoms with Gasteiger partial charge >= 0.3 is 0 Å². The van der Waals surface area contributed by atoms with Crippen LogP contribution in [0.4, 0.5) is 0 Å². The molecule has 0 heterocycles. The number of aliphatic hydroxyl groups is 1. The lowest BCUT2D eigenvalue weighted by Crippen LogP contribution is -2.46. The lowest BCUT2D eigenvalue weighted by molar-refractivity contribution is -0.250. The van der Waals surface area contributed by atoms with Crippen molar-refractivity contribution in [3.63, 3.8) is 0 Å². The number of hydrazine groups is 2. The molecule has 0 aromatic rings. The second kappa shape index (κ2) is 13.7. The Morgan fingerprint density at radius 2 is 1.40 bits per heavy atom. The van der Waals surface area contributed by atoms with Gasteiger partial charge in [-0.25, -0.2) is 10.9 Å². The van der Waals surface area contributed by atoms with Crippen LogP contribution in [0.5, 0.6) is 0 Å². The Balaban J connectivity index is 0. The highest BCUT2D eigenvalue weighted by Crippen LogP contribution is 1.96. The van der Waals surface area contributed by atoms with Crippen LogP contribution in [-0.4, -0.2) is 53.9 Å². The highest BCUT2D eigenvalue weighted by Gasteiger charge is 2.07. The van der Waals surface area contributed by atoms with E-state index in [1.165, 1.54) is 0 Å². The molecule has 8 N–H and O–H groups in total. The van der Waals surface area contributed by atoms with Crippen LogP contribution in [0.2, 0.25) is 0 Å². The normalized spacial score (nSPS) is 10.4. The van der Waals surface area contributed by atoms with Gasteiger partial charge in [0, 0.05) is 20.2 Å². The molecule has 0 aliphatic rings. The summed E-state index contributed by atoms with van der Waals surface area (Å²) in [5, 5.41) is 18.3. The van der Waals surface area contributed by atoms with Crippen LogP contribution in [-0.2, 0) is 0 Å². The van der Waals surface area contributed by atoms with E-state index in [0.29, 0.717) is 31.5 Å². The monoisotopic (exact) mass is 223 g/mol. The molecule has 0 bridgehead atoms. The van der Waals surface area contributed by atoms with Gasteiger partial charge in [-0.1, -0.05) is 5.28 Å². The predicted molar refractivity (Wildman–Crippen MR) is 59.5 cm³/mol. The van der Waals surface area contributed by atoms with Gasteiger partial charge in [0.05, 0.1) is 0 Å². The summed E-state index contributed by atoms with van der Waals surface area (Å²) in [5.74, 6) is 5.20. The van der Waals surface area contributed by atoms with Crippen molar-refractivity contribution in [2.75, 3.05) is 33.3 Å². The summed E-state index contributed by atoms with van der Waals surface area (Å²) in [6.45, 7) is 2.65. The van der Waals surface area contributed by atoms with Crippen molar-refractivity contribution < 1.29 is 10.3 Å². The fourth-order valence-corrected chi connectivity index (χ4v) is 1.03. The molecule has 0 fully saturated rings. The summed E-state index contributed by atoms with van der Waals surface area (Å²) in [6.07, 6.45) is 2.68. The Bertz CT molecular complexity index is 115. The SMILES string of the molecule is CO.NCCCCN(CCCN)N(N)O. The molecule has 7 nitrogen and oxygen atoms in total. The minimum absolute atomic E-state index is 0.598. The number of hydrogen-bond acceptors (Lipinski definition) is 7. The van der Waals surface area contributed by atoms with Gasteiger partial charge in [-0.15, -0.1) is 0 Å². The number of nitrogens with two attached hydrogens (primary N) is 3. The minimum Gasteiger partial charge on any atom is -0.400 e. The van der Waals surface area contributed by atoms with E-state index < -0.39 is 0 Å². The number of rotatable bonds is 8. The highest BCUT2D eigenvalue weighted by molar-refractivity contribution is 4.51. The second-order valence-corrected chi connectivity index (χ2v) is 2.91. The van der Waals surface area contributed by atoms with Crippen LogP contribution < -0.4 is 17.3 Å². The second-order valence-electron chi connectivity index (χ2n) is 2.91. The van der Waals surface area contributed by atoms with Crippen LogP contribution in [0.1, 0.15) is 19.3 Å². The largest absolute Gasteiger partial charge is 0.400 e. The van der Waals surface area contributed by atoms with Crippen LogP contribution in [0, 0.1) is 0 Å². The van der Waals surface area contributed by atoms with Crippen molar-refractivity contribution in [2.24, 2.45) is 17.3 Å². The number of unbranched alkanes of at least 4 members (excludes halogenated alkanes) is 1. The zero-order chi connectivity index (χ0) is 12.1. The fourth-order valence-electron chi connectivity index (χ4n) is 1.03. The maximum absolute atomic E-state index is 9.00. The molecule has 0 atom stereocenters. The van der Waals surface area contributed by atoms with Gasteiger partial charge in [-0.2, -0.15) is 0 Å². The van der Waals surface area contributed by atoms with E-state index in [9.17, 15) is 0 Å². The number of hydrogen-bond donors (Lipinski definition) is 5. The topological polar surface area (TPSA) is 125 Å². The van der Waals surface area contributed by atoms with Gasteiger partial charge in [-0.3, -0.25) is 5.21 Å². The standard InChI is InChI=1S/C7H21N5O.CH4O/c8-4-1-2-6-11(12(10)13)7-3-5-9;1-2/h13H,1-10H2;2H,1H3. The Labute approximate surface area is 91.3 Å². The minimum atomic E-state index is 0.598. The molecule has 0 aromatic heterocycles. The molecule has 0 amide bonds. The average molecular weight is 223 g/mol. The van der Waals surface area contributed by atoms with E-state index in [1.807, 2.05) is 0 Å². The quantitative estimate of drug-likeness (QED) is 0.192. The van der Waals surface area contributed by atoms with Crippen LogP contribution in [0.25, 0.3) is 0 Å². The number of nitrogens with zero attached hydrogens (tertiary/aromatic N) is 2. The van der Waals surface area contributed by atoms with Gasteiger partial charge in [0.15, 0.2) is 0 Å². The molecule has 0 aliphatic carbocycles. The van der Waals surface area contributed by atoms with E-state index in [-0.39, 0.29) is 0 Å². The van der Waals surface area contributed by atoms with Gasteiger partial charge in [0.1, 0.15) is 0 Å². The van der Waals surface area contributed by atoms with Gasteiger partial charge in [0.25, 0.3) is 0 Å². The third kappa shape index (κ3) is 11.6. The molecule has 0 rings (SSSR count). The molecule has 15 heavy (non-hydrogen) atoms. The zero-order valence-corrected chi connectivity index (χ0v) is 9.47. The lowest BCUT2D eigenvalue weighted by atomic mass is 10.3. The van der Waals surface area contributed by atoms with Crippen molar-refractivity contribution in [3.8, 4) is 0 Å². The van der Waals surface area contributed by atoms with E-state index in [2.05, 4.69) is 0 Å². The summed E-state index contributed by atoms with van der Waals surface area (Å²) < 4.78 is 0. The molecule has 94 valence electrons. The van der Waals surface area contributed by atoms with Crippen molar-refractivity contribution in [1.82, 2.24) is 10.3 Å². The first kappa shape index (κ1) is 17.1. The molecule has 0 aromatic carbocycles.